The Balaban J connectivity index is 2.46. The number of hydrogen-bond acceptors (Lipinski definition) is 2. The molecule has 0 fully saturated rings. The molecule has 80 valence electrons. The van der Waals surface area contributed by atoms with Crippen molar-refractivity contribution in [3.8, 4) is 0 Å². The molecule has 0 bridgehead atoms. The number of pyridine rings is 1. The second-order valence-corrected chi connectivity index (χ2v) is 3.95. The summed E-state index contributed by atoms with van der Waals surface area (Å²) in [5, 5.41) is 0.660. The lowest BCUT2D eigenvalue weighted by molar-refractivity contribution is 0.103. The Morgan fingerprint density at radius 1 is 1.06 bits per heavy atom. The van der Waals surface area contributed by atoms with Gasteiger partial charge >= 0.3 is 0 Å². The molecule has 0 amide bonds. The molecular weight excluding hydrogens is 245 g/mol. The number of nitrogens with zero attached hydrogens (tertiary/aromatic N) is 1. The number of hydrogen-bond donors (Lipinski definition) is 0. The minimum Gasteiger partial charge on any atom is -0.289 e. The van der Waals surface area contributed by atoms with Gasteiger partial charge in [-0.2, -0.15) is 0 Å². The first-order valence-electron chi connectivity index (χ1n) is 4.59. The van der Waals surface area contributed by atoms with Crippen LogP contribution in [0.5, 0.6) is 0 Å². The Bertz CT molecular complexity index is 526. The van der Waals surface area contributed by atoms with Crippen molar-refractivity contribution in [2.75, 3.05) is 0 Å². The van der Waals surface area contributed by atoms with Gasteiger partial charge in [0.15, 0.2) is 5.78 Å². The van der Waals surface area contributed by atoms with Gasteiger partial charge < -0.3 is 0 Å². The molecule has 2 rings (SSSR count). The highest BCUT2D eigenvalue weighted by Crippen LogP contribution is 2.27. The summed E-state index contributed by atoms with van der Waals surface area (Å²) in [4.78, 5) is 15.9. The first-order valence-corrected chi connectivity index (χ1v) is 5.34. The third kappa shape index (κ3) is 2.08. The van der Waals surface area contributed by atoms with Crippen LogP contribution in [-0.2, 0) is 0 Å². The largest absolute Gasteiger partial charge is 0.289 e. The fourth-order valence-corrected chi connectivity index (χ4v) is 1.72. The van der Waals surface area contributed by atoms with Crippen LogP contribution in [0.25, 0.3) is 0 Å². The topological polar surface area (TPSA) is 30.0 Å². The second-order valence-electron chi connectivity index (χ2n) is 3.17. The lowest BCUT2D eigenvalue weighted by atomic mass is 10.0. The van der Waals surface area contributed by atoms with Gasteiger partial charge in [0.1, 0.15) is 0 Å². The van der Waals surface area contributed by atoms with E-state index in [9.17, 15) is 4.79 Å². The summed E-state index contributed by atoms with van der Waals surface area (Å²) < 4.78 is 0. The van der Waals surface area contributed by atoms with Gasteiger partial charge in [-0.05, 0) is 24.3 Å². The van der Waals surface area contributed by atoms with E-state index >= 15 is 0 Å². The molecule has 0 unspecified atom stereocenters. The van der Waals surface area contributed by atoms with E-state index in [0.717, 1.165) is 0 Å². The van der Waals surface area contributed by atoms with E-state index in [4.69, 9.17) is 23.2 Å². The third-order valence-electron chi connectivity index (χ3n) is 2.14. The zero-order valence-electron chi connectivity index (χ0n) is 8.15. The normalized spacial score (nSPS) is 10.1. The molecule has 4 heteroatoms. The van der Waals surface area contributed by atoms with E-state index in [-0.39, 0.29) is 10.8 Å². The lowest BCUT2D eigenvalue weighted by Gasteiger charge is -2.04. The van der Waals surface area contributed by atoms with Crippen LogP contribution in [0.15, 0.2) is 42.7 Å². The highest BCUT2D eigenvalue weighted by atomic mass is 35.5. The van der Waals surface area contributed by atoms with Crippen LogP contribution in [0, 0.1) is 0 Å². The molecule has 16 heavy (non-hydrogen) atoms. The summed E-state index contributed by atoms with van der Waals surface area (Å²) in [6.07, 6.45) is 3.12. The summed E-state index contributed by atoms with van der Waals surface area (Å²) in [7, 11) is 0. The van der Waals surface area contributed by atoms with E-state index in [1.165, 1.54) is 0 Å². The van der Waals surface area contributed by atoms with Crippen molar-refractivity contribution in [1.82, 2.24) is 4.98 Å². The van der Waals surface area contributed by atoms with Gasteiger partial charge in [-0.15, -0.1) is 0 Å². The SMILES string of the molecule is O=C(c1ccncc1)c1cccc(Cl)c1Cl. The van der Waals surface area contributed by atoms with Crippen LogP contribution < -0.4 is 0 Å². The molecule has 0 saturated carbocycles. The molecule has 1 aromatic carbocycles. The molecule has 0 atom stereocenters. The maximum atomic E-state index is 12.0. The zero-order chi connectivity index (χ0) is 11.5. The molecule has 2 aromatic rings. The Hall–Kier alpha value is -1.38. The average molecular weight is 252 g/mol. The summed E-state index contributed by atoms with van der Waals surface area (Å²) in [6, 6.07) is 8.27. The Morgan fingerprint density at radius 2 is 1.75 bits per heavy atom. The Morgan fingerprint density at radius 3 is 2.44 bits per heavy atom. The summed E-state index contributed by atoms with van der Waals surface area (Å²) in [6.45, 7) is 0. The van der Waals surface area contributed by atoms with Crippen LogP contribution in [0.1, 0.15) is 15.9 Å². The van der Waals surface area contributed by atoms with Crippen LogP contribution >= 0.6 is 23.2 Å². The van der Waals surface area contributed by atoms with Crippen molar-refractivity contribution in [1.29, 1.82) is 0 Å². The number of rotatable bonds is 2. The van der Waals surface area contributed by atoms with Gasteiger partial charge in [-0.25, -0.2) is 0 Å². The number of benzene rings is 1. The minimum absolute atomic E-state index is 0.157. The van der Waals surface area contributed by atoms with Gasteiger partial charge in [0.05, 0.1) is 10.0 Å². The van der Waals surface area contributed by atoms with Crippen LogP contribution in [0.2, 0.25) is 10.0 Å². The molecule has 1 aromatic heterocycles. The smallest absolute Gasteiger partial charge is 0.194 e. The highest BCUT2D eigenvalue weighted by Gasteiger charge is 2.13. The quantitative estimate of drug-likeness (QED) is 0.764. The first-order chi connectivity index (χ1) is 7.70. The summed E-state index contributed by atoms with van der Waals surface area (Å²) >= 11 is 11.8. The van der Waals surface area contributed by atoms with Crippen molar-refractivity contribution in [3.63, 3.8) is 0 Å². The maximum Gasteiger partial charge on any atom is 0.194 e. The highest BCUT2D eigenvalue weighted by molar-refractivity contribution is 6.44. The van der Waals surface area contributed by atoms with Crippen molar-refractivity contribution >= 4 is 29.0 Å². The standard InChI is InChI=1S/C12H7Cl2NO/c13-10-3-1-2-9(11(10)14)12(16)8-4-6-15-7-5-8/h1-7H. The van der Waals surface area contributed by atoms with Crippen LogP contribution in [-0.4, -0.2) is 10.8 Å². The Kier molecular flexibility index (Phi) is 3.22. The van der Waals surface area contributed by atoms with Crippen molar-refractivity contribution in [2.24, 2.45) is 0 Å². The van der Waals surface area contributed by atoms with Gasteiger partial charge in [0, 0.05) is 23.5 Å². The molecule has 1 heterocycles. The van der Waals surface area contributed by atoms with Crippen molar-refractivity contribution < 1.29 is 4.79 Å². The van der Waals surface area contributed by atoms with E-state index in [1.54, 1.807) is 42.7 Å². The molecular formula is C12H7Cl2NO. The maximum absolute atomic E-state index is 12.0. The summed E-state index contributed by atoms with van der Waals surface area (Å²) in [5.41, 5.74) is 0.944. The van der Waals surface area contributed by atoms with E-state index in [1.807, 2.05) is 0 Å². The van der Waals surface area contributed by atoms with E-state index in [0.29, 0.717) is 16.1 Å². The average Bonchev–Trinajstić information content (AvgIpc) is 2.33. The van der Waals surface area contributed by atoms with Crippen molar-refractivity contribution in [2.45, 2.75) is 0 Å². The molecule has 0 aliphatic carbocycles. The number of aromatic nitrogens is 1. The fraction of sp³-hybridized carbons (Fsp3) is 0. The fourth-order valence-electron chi connectivity index (χ4n) is 1.34. The van der Waals surface area contributed by atoms with E-state index < -0.39 is 0 Å². The van der Waals surface area contributed by atoms with E-state index in [2.05, 4.69) is 4.98 Å². The van der Waals surface area contributed by atoms with Gasteiger partial charge in [0.2, 0.25) is 0 Å². The molecule has 2 nitrogen and oxygen atoms in total. The van der Waals surface area contributed by atoms with Gasteiger partial charge in [-0.3, -0.25) is 9.78 Å². The summed E-state index contributed by atoms with van der Waals surface area (Å²) in [5.74, 6) is -0.157. The molecule has 0 radical (unpaired) electrons. The van der Waals surface area contributed by atoms with Gasteiger partial charge in [-0.1, -0.05) is 29.3 Å². The molecule has 0 saturated heterocycles. The molecule has 0 aliphatic heterocycles. The Labute approximate surface area is 103 Å². The number of carbonyl (C=O) groups is 1. The molecule has 0 spiro atoms. The monoisotopic (exact) mass is 251 g/mol. The predicted octanol–water partition coefficient (Wildman–Crippen LogP) is 3.62. The number of halogens is 2. The number of carbonyl (C=O) groups excluding carboxylic acids is 1. The van der Waals surface area contributed by atoms with Crippen LogP contribution in [0.3, 0.4) is 0 Å². The van der Waals surface area contributed by atoms with Gasteiger partial charge in [0.25, 0.3) is 0 Å². The van der Waals surface area contributed by atoms with Crippen molar-refractivity contribution in [3.05, 3.63) is 63.9 Å². The number of ketones is 1. The third-order valence-corrected chi connectivity index (χ3v) is 2.96. The zero-order valence-corrected chi connectivity index (χ0v) is 9.66. The first kappa shape index (κ1) is 11.1. The second kappa shape index (κ2) is 4.64. The lowest BCUT2D eigenvalue weighted by Crippen LogP contribution is -2.02. The van der Waals surface area contributed by atoms with Crippen LogP contribution in [0.4, 0.5) is 0 Å². The molecule has 0 N–H and O–H groups in total. The predicted molar refractivity (Wildman–Crippen MR) is 64.1 cm³/mol. The minimum atomic E-state index is -0.157. The molecule has 0 aliphatic rings.